The number of nitrogens with one attached hydrogen (secondary N) is 3. The number of aromatic nitrogens is 2. The number of fused-ring (bicyclic) bond motifs is 3. The molecule has 0 spiro atoms. The van der Waals surface area contributed by atoms with E-state index in [0.29, 0.717) is 54.5 Å². The Balaban J connectivity index is 1.19. The van der Waals surface area contributed by atoms with Gasteiger partial charge in [0.2, 0.25) is 0 Å². The fraction of sp³-hybridized carbons (Fsp3) is 0.370. The van der Waals surface area contributed by atoms with E-state index >= 15 is 0 Å². The SMILES string of the molecule is CN1CCN(Cc2ccc(-c3n[nH]c4c3C(=O)c3c(NC(=O)NN5CCOCC5)cccc3-4)cc2)CC1. The molecule has 1 aromatic heterocycles. The van der Waals surface area contributed by atoms with Gasteiger partial charge in [0, 0.05) is 56.9 Å². The molecule has 10 nitrogen and oxygen atoms in total. The smallest absolute Gasteiger partial charge is 0.333 e. The third-order valence-corrected chi connectivity index (χ3v) is 7.30. The standard InChI is InChI=1S/C27H31N7O3/c1-32-9-11-33(12-10-32)17-18-5-7-19(8-6-18)24-23-25(30-29-24)20-3-2-4-21(22(20)26(23)35)28-27(36)31-34-13-15-37-16-14-34/h2-8H,9-17H2,1H3,(H,29,30)(H2,28,31,36). The van der Waals surface area contributed by atoms with Crippen LogP contribution in [0.1, 0.15) is 21.5 Å². The molecule has 3 aliphatic rings. The van der Waals surface area contributed by atoms with Crippen molar-refractivity contribution in [2.45, 2.75) is 6.54 Å². The number of hydrazine groups is 1. The molecule has 3 heterocycles. The molecule has 3 aromatic rings. The maximum absolute atomic E-state index is 13.6. The second-order valence-electron chi connectivity index (χ2n) is 9.82. The number of H-pyrrole nitrogens is 1. The highest BCUT2D eigenvalue weighted by atomic mass is 16.5. The van der Waals surface area contributed by atoms with Crippen molar-refractivity contribution in [3.8, 4) is 22.5 Å². The number of nitrogens with zero attached hydrogens (tertiary/aromatic N) is 4. The Morgan fingerprint density at radius 2 is 1.76 bits per heavy atom. The summed E-state index contributed by atoms with van der Waals surface area (Å²) in [5.74, 6) is -0.141. The number of carbonyl (C=O) groups excluding carboxylic acids is 2. The van der Waals surface area contributed by atoms with E-state index in [4.69, 9.17) is 4.74 Å². The number of benzene rings is 2. The lowest BCUT2D eigenvalue weighted by atomic mass is 10.0. The maximum atomic E-state index is 13.6. The predicted molar refractivity (Wildman–Crippen MR) is 140 cm³/mol. The minimum atomic E-state index is -0.382. The maximum Gasteiger partial charge on any atom is 0.333 e. The van der Waals surface area contributed by atoms with Crippen molar-refractivity contribution in [3.05, 3.63) is 59.2 Å². The van der Waals surface area contributed by atoms with Gasteiger partial charge in [-0.3, -0.25) is 20.2 Å². The van der Waals surface area contributed by atoms with Crippen LogP contribution in [-0.2, 0) is 11.3 Å². The summed E-state index contributed by atoms with van der Waals surface area (Å²) in [6.07, 6.45) is 0. The van der Waals surface area contributed by atoms with E-state index in [9.17, 15) is 9.59 Å². The van der Waals surface area contributed by atoms with Crippen LogP contribution in [-0.4, -0.2) is 96.4 Å². The van der Waals surface area contributed by atoms with Crippen LogP contribution in [0.2, 0.25) is 0 Å². The minimum Gasteiger partial charge on any atom is -0.379 e. The number of ketones is 1. The molecule has 192 valence electrons. The monoisotopic (exact) mass is 501 g/mol. The van der Waals surface area contributed by atoms with Gasteiger partial charge in [-0.2, -0.15) is 5.10 Å². The number of anilines is 1. The first-order valence-corrected chi connectivity index (χ1v) is 12.7. The van der Waals surface area contributed by atoms with Crippen LogP contribution in [0.5, 0.6) is 0 Å². The Hall–Kier alpha value is -3.57. The van der Waals surface area contributed by atoms with Crippen molar-refractivity contribution in [2.75, 3.05) is 64.8 Å². The van der Waals surface area contributed by atoms with E-state index in [1.165, 1.54) is 5.56 Å². The van der Waals surface area contributed by atoms with Crippen LogP contribution < -0.4 is 10.7 Å². The molecule has 2 aromatic carbocycles. The number of morpholine rings is 1. The number of amides is 2. The van der Waals surface area contributed by atoms with Gasteiger partial charge in [0.05, 0.1) is 35.7 Å². The number of hydrogen-bond acceptors (Lipinski definition) is 7. The van der Waals surface area contributed by atoms with Crippen LogP contribution in [0.25, 0.3) is 22.5 Å². The molecular formula is C27H31N7O3. The van der Waals surface area contributed by atoms with Gasteiger partial charge in [0.15, 0.2) is 5.78 Å². The summed E-state index contributed by atoms with van der Waals surface area (Å²) in [5.41, 5.74) is 8.53. The molecule has 37 heavy (non-hydrogen) atoms. The normalized spacial score (nSPS) is 18.5. The molecule has 0 unspecified atom stereocenters. The lowest BCUT2D eigenvalue weighted by molar-refractivity contribution is 0.0207. The van der Waals surface area contributed by atoms with Gasteiger partial charge in [-0.15, -0.1) is 0 Å². The van der Waals surface area contributed by atoms with Crippen LogP contribution in [0.15, 0.2) is 42.5 Å². The molecule has 0 bridgehead atoms. The van der Waals surface area contributed by atoms with Crippen molar-refractivity contribution in [3.63, 3.8) is 0 Å². The Morgan fingerprint density at radius 3 is 2.51 bits per heavy atom. The van der Waals surface area contributed by atoms with E-state index in [0.717, 1.165) is 43.9 Å². The lowest BCUT2D eigenvalue weighted by Gasteiger charge is -2.32. The molecule has 3 N–H and O–H groups in total. The quantitative estimate of drug-likeness (QED) is 0.386. The predicted octanol–water partition coefficient (Wildman–Crippen LogP) is 2.40. The highest BCUT2D eigenvalue weighted by Gasteiger charge is 2.35. The number of likely N-dealkylation sites (N-methyl/N-ethyl adjacent to an activating group) is 1. The first-order valence-electron chi connectivity index (χ1n) is 12.7. The van der Waals surface area contributed by atoms with E-state index in [1.54, 1.807) is 6.07 Å². The van der Waals surface area contributed by atoms with Gasteiger partial charge in [-0.05, 0) is 18.7 Å². The van der Waals surface area contributed by atoms with Crippen LogP contribution in [0, 0.1) is 0 Å². The van der Waals surface area contributed by atoms with E-state index in [-0.39, 0.29) is 11.8 Å². The van der Waals surface area contributed by atoms with Crippen molar-refractivity contribution in [2.24, 2.45) is 0 Å². The summed E-state index contributed by atoms with van der Waals surface area (Å²) in [4.78, 5) is 31.1. The summed E-state index contributed by atoms with van der Waals surface area (Å²) >= 11 is 0. The van der Waals surface area contributed by atoms with Crippen LogP contribution >= 0.6 is 0 Å². The number of rotatable bonds is 5. The van der Waals surface area contributed by atoms with Gasteiger partial charge < -0.3 is 15.0 Å². The molecule has 10 heteroatoms. The molecular weight excluding hydrogens is 470 g/mol. The Labute approximate surface area is 215 Å². The molecule has 2 amide bonds. The van der Waals surface area contributed by atoms with Crippen molar-refractivity contribution in [1.82, 2.24) is 30.4 Å². The zero-order valence-electron chi connectivity index (χ0n) is 20.9. The summed E-state index contributed by atoms with van der Waals surface area (Å²) in [6.45, 7) is 7.61. The molecule has 0 atom stereocenters. The largest absolute Gasteiger partial charge is 0.379 e. The minimum absolute atomic E-state index is 0.141. The van der Waals surface area contributed by atoms with E-state index in [1.807, 2.05) is 29.3 Å². The summed E-state index contributed by atoms with van der Waals surface area (Å²) in [5, 5.41) is 12.2. The number of aromatic amines is 1. The second kappa shape index (κ2) is 10.1. The first kappa shape index (κ1) is 23.8. The number of urea groups is 1. The highest BCUT2D eigenvalue weighted by molar-refractivity contribution is 6.26. The highest BCUT2D eigenvalue weighted by Crippen LogP contribution is 2.42. The Morgan fingerprint density at radius 1 is 1.00 bits per heavy atom. The average Bonchev–Trinajstić information content (AvgIpc) is 3.47. The lowest BCUT2D eigenvalue weighted by Crippen LogP contribution is -2.49. The number of carbonyl (C=O) groups is 2. The van der Waals surface area contributed by atoms with Crippen LogP contribution in [0.3, 0.4) is 0 Å². The van der Waals surface area contributed by atoms with Gasteiger partial charge in [0.1, 0.15) is 5.69 Å². The van der Waals surface area contributed by atoms with Crippen molar-refractivity contribution < 1.29 is 14.3 Å². The summed E-state index contributed by atoms with van der Waals surface area (Å²) in [6, 6.07) is 13.4. The van der Waals surface area contributed by atoms with Crippen LogP contribution in [0.4, 0.5) is 10.5 Å². The zero-order valence-corrected chi connectivity index (χ0v) is 20.9. The molecule has 1 aliphatic carbocycles. The van der Waals surface area contributed by atoms with Crippen molar-refractivity contribution >= 4 is 17.5 Å². The topological polar surface area (TPSA) is 106 Å². The third kappa shape index (κ3) is 4.76. The molecule has 2 saturated heterocycles. The third-order valence-electron chi connectivity index (χ3n) is 7.30. The Bertz CT molecular complexity index is 1310. The summed E-state index contributed by atoms with van der Waals surface area (Å²) in [7, 11) is 2.16. The molecule has 2 fully saturated rings. The van der Waals surface area contributed by atoms with E-state index in [2.05, 4.69) is 49.9 Å². The van der Waals surface area contributed by atoms with Gasteiger partial charge in [-0.25, -0.2) is 9.80 Å². The fourth-order valence-corrected chi connectivity index (χ4v) is 5.20. The number of piperazine rings is 1. The zero-order chi connectivity index (χ0) is 25.4. The van der Waals surface area contributed by atoms with Crippen molar-refractivity contribution in [1.29, 1.82) is 0 Å². The molecule has 6 rings (SSSR count). The second-order valence-corrected chi connectivity index (χ2v) is 9.82. The average molecular weight is 502 g/mol. The van der Waals surface area contributed by atoms with Gasteiger partial charge in [-0.1, -0.05) is 36.4 Å². The number of ether oxygens (including phenoxy) is 1. The first-order chi connectivity index (χ1) is 18.1. The molecule has 0 saturated carbocycles. The summed E-state index contributed by atoms with van der Waals surface area (Å²) < 4.78 is 5.32. The van der Waals surface area contributed by atoms with E-state index < -0.39 is 0 Å². The van der Waals surface area contributed by atoms with Gasteiger partial charge >= 0.3 is 6.03 Å². The van der Waals surface area contributed by atoms with Gasteiger partial charge in [0.25, 0.3) is 0 Å². The number of hydrogen-bond donors (Lipinski definition) is 3. The molecule has 0 radical (unpaired) electrons. The Kier molecular flexibility index (Phi) is 6.47. The molecule has 2 aliphatic heterocycles. The fourth-order valence-electron chi connectivity index (χ4n) is 5.20.